The molecular formula is C17H16F2N4O3. The van der Waals surface area contributed by atoms with Crippen molar-refractivity contribution >= 4 is 11.0 Å². The van der Waals surface area contributed by atoms with Crippen LogP contribution in [0.4, 0.5) is 8.78 Å². The molecule has 0 aliphatic carbocycles. The first-order valence-electron chi connectivity index (χ1n) is 7.96. The summed E-state index contributed by atoms with van der Waals surface area (Å²) < 4.78 is 34.0. The number of fused-ring (bicyclic) bond motifs is 1. The molecule has 136 valence electrons. The van der Waals surface area contributed by atoms with Crippen LogP contribution in [0.5, 0.6) is 0 Å². The number of aromatic nitrogens is 3. The fourth-order valence-corrected chi connectivity index (χ4v) is 3.23. The Kier molecular flexibility index (Phi) is 4.16. The van der Waals surface area contributed by atoms with Gasteiger partial charge in [0.1, 0.15) is 30.3 Å². The third-order valence-electron chi connectivity index (χ3n) is 4.61. The van der Waals surface area contributed by atoms with Crippen molar-refractivity contribution in [3.8, 4) is 0 Å². The van der Waals surface area contributed by atoms with Crippen LogP contribution in [0.15, 0.2) is 43.0 Å². The molecule has 1 aliphatic rings. The van der Waals surface area contributed by atoms with Crippen LogP contribution in [-0.2, 0) is 4.74 Å². The molecule has 2 aromatic heterocycles. The van der Waals surface area contributed by atoms with Gasteiger partial charge in [-0.25, -0.2) is 18.7 Å². The highest BCUT2D eigenvalue weighted by atomic mass is 19.2. The van der Waals surface area contributed by atoms with Crippen molar-refractivity contribution < 1.29 is 23.7 Å². The van der Waals surface area contributed by atoms with Crippen molar-refractivity contribution in [2.45, 2.75) is 30.6 Å². The molecule has 0 amide bonds. The monoisotopic (exact) mass is 362 g/mol. The van der Waals surface area contributed by atoms with Crippen molar-refractivity contribution in [3.63, 3.8) is 0 Å². The van der Waals surface area contributed by atoms with E-state index in [1.54, 1.807) is 23.0 Å². The second-order valence-electron chi connectivity index (χ2n) is 6.20. The molecule has 1 saturated heterocycles. The smallest absolute Gasteiger partial charge is 0.164 e. The maximum atomic E-state index is 13.5. The van der Waals surface area contributed by atoms with Gasteiger partial charge >= 0.3 is 0 Å². The quantitative estimate of drug-likeness (QED) is 0.643. The number of nitrogens with zero attached hydrogens (tertiary/aromatic N) is 3. The number of halogens is 2. The first kappa shape index (κ1) is 17.0. The summed E-state index contributed by atoms with van der Waals surface area (Å²) in [5, 5.41) is 21.6. The highest BCUT2D eigenvalue weighted by Gasteiger charge is 2.47. The van der Waals surface area contributed by atoms with Gasteiger partial charge in [0.15, 0.2) is 17.9 Å². The van der Waals surface area contributed by atoms with Gasteiger partial charge in [0, 0.05) is 17.8 Å². The fraction of sp³-hybridized carbons (Fsp3) is 0.294. The minimum absolute atomic E-state index is 0.250. The molecule has 3 aromatic rings. The fourth-order valence-electron chi connectivity index (χ4n) is 3.23. The first-order valence-corrected chi connectivity index (χ1v) is 7.96. The zero-order valence-corrected chi connectivity index (χ0v) is 13.4. The van der Waals surface area contributed by atoms with E-state index < -0.39 is 42.2 Å². The molecule has 3 heterocycles. The Morgan fingerprint density at radius 2 is 1.96 bits per heavy atom. The Morgan fingerprint density at radius 3 is 2.73 bits per heavy atom. The lowest BCUT2D eigenvalue weighted by Gasteiger charge is -2.22. The molecule has 0 radical (unpaired) electrons. The molecule has 0 bridgehead atoms. The van der Waals surface area contributed by atoms with Gasteiger partial charge in [-0.3, -0.25) is 0 Å². The molecule has 5 unspecified atom stereocenters. The maximum Gasteiger partial charge on any atom is 0.164 e. The molecule has 1 fully saturated rings. The van der Waals surface area contributed by atoms with E-state index in [-0.39, 0.29) is 5.56 Å². The Morgan fingerprint density at radius 1 is 1.15 bits per heavy atom. The molecule has 1 aliphatic heterocycles. The normalized spacial score (nSPS) is 27.1. The summed E-state index contributed by atoms with van der Waals surface area (Å²) in [7, 11) is 0. The second kappa shape index (κ2) is 6.36. The van der Waals surface area contributed by atoms with Gasteiger partial charge in [0.2, 0.25) is 0 Å². The molecule has 4 N–H and O–H groups in total. The van der Waals surface area contributed by atoms with Crippen LogP contribution in [0.3, 0.4) is 0 Å². The van der Waals surface area contributed by atoms with Crippen LogP contribution in [0.1, 0.15) is 17.8 Å². The summed E-state index contributed by atoms with van der Waals surface area (Å²) in [6.45, 7) is 0. The van der Waals surface area contributed by atoms with Crippen LogP contribution >= 0.6 is 0 Å². The average molecular weight is 362 g/mol. The van der Waals surface area contributed by atoms with Crippen molar-refractivity contribution in [1.82, 2.24) is 14.5 Å². The van der Waals surface area contributed by atoms with Gasteiger partial charge < -0.3 is 25.3 Å². The highest BCUT2D eigenvalue weighted by Crippen LogP contribution is 2.36. The number of hydrogen-bond acceptors (Lipinski definition) is 6. The standard InChI is InChI=1S/C17H16F2N4O3/c18-10-2-1-8(5-11(10)19)12(20)15-13(24)14(25)17(26-15)23-4-3-9-6-21-7-22-16(9)23/h1-7,12-15,17,24-25H,20H2. The van der Waals surface area contributed by atoms with Crippen molar-refractivity contribution in [1.29, 1.82) is 0 Å². The number of aliphatic hydroxyl groups excluding tert-OH is 2. The average Bonchev–Trinajstić information content (AvgIpc) is 3.19. The number of hydrogen-bond donors (Lipinski definition) is 3. The zero-order valence-electron chi connectivity index (χ0n) is 13.4. The predicted molar refractivity (Wildman–Crippen MR) is 86.7 cm³/mol. The summed E-state index contributed by atoms with van der Waals surface area (Å²) in [4.78, 5) is 8.07. The molecular weight excluding hydrogens is 346 g/mol. The van der Waals surface area contributed by atoms with Crippen molar-refractivity contribution in [3.05, 3.63) is 60.2 Å². The molecule has 0 saturated carbocycles. The minimum atomic E-state index is -1.32. The lowest BCUT2D eigenvalue weighted by Crippen LogP contribution is -2.38. The van der Waals surface area contributed by atoms with E-state index in [1.165, 1.54) is 12.4 Å². The summed E-state index contributed by atoms with van der Waals surface area (Å²) in [5.41, 5.74) is 6.86. The first-order chi connectivity index (χ1) is 12.5. The third-order valence-corrected chi connectivity index (χ3v) is 4.61. The lowest BCUT2D eigenvalue weighted by atomic mass is 9.97. The van der Waals surface area contributed by atoms with Crippen LogP contribution in [0.25, 0.3) is 11.0 Å². The molecule has 5 atom stereocenters. The Bertz CT molecular complexity index is 951. The molecule has 1 aromatic carbocycles. The number of nitrogens with two attached hydrogens (primary N) is 1. The van der Waals surface area contributed by atoms with Gasteiger partial charge in [-0.1, -0.05) is 6.07 Å². The van der Waals surface area contributed by atoms with E-state index in [1.807, 2.05) is 0 Å². The Hall–Kier alpha value is -2.46. The molecule has 0 spiro atoms. The molecule has 7 nitrogen and oxygen atoms in total. The van der Waals surface area contributed by atoms with Crippen molar-refractivity contribution in [2.75, 3.05) is 0 Å². The lowest BCUT2D eigenvalue weighted by molar-refractivity contribution is -0.0422. The number of benzene rings is 1. The Labute approximate surface area is 146 Å². The van der Waals surface area contributed by atoms with Gasteiger partial charge in [-0.15, -0.1) is 0 Å². The predicted octanol–water partition coefficient (Wildman–Crippen LogP) is 1.03. The number of rotatable bonds is 3. The van der Waals surface area contributed by atoms with E-state index in [0.717, 1.165) is 17.5 Å². The summed E-state index contributed by atoms with van der Waals surface area (Å²) >= 11 is 0. The van der Waals surface area contributed by atoms with Gasteiger partial charge in [-0.05, 0) is 23.8 Å². The maximum absolute atomic E-state index is 13.5. The number of aliphatic hydroxyl groups is 2. The molecule has 26 heavy (non-hydrogen) atoms. The van der Waals surface area contributed by atoms with Crippen LogP contribution in [0, 0.1) is 11.6 Å². The SMILES string of the molecule is NC(c1ccc(F)c(F)c1)C1OC(n2ccc3cncnc32)C(O)C1O. The molecule has 9 heteroatoms. The van der Waals surface area contributed by atoms with E-state index in [9.17, 15) is 19.0 Å². The Balaban J connectivity index is 1.64. The number of ether oxygens (including phenoxy) is 1. The van der Waals surface area contributed by atoms with Crippen molar-refractivity contribution in [2.24, 2.45) is 5.73 Å². The van der Waals surface area contributed by atoms with Gasteiger partial charge in [0.05, 0.1) is 6.04 Å². The summed E-state index contributed by atoms with van der Waals surface area (Å²) in [6, 6.07) is 4.01. The topological polar surface area (TPSA) is 106 Å². The van der Waals surface area contributed by atoms with Crippen LogP contribution < -0.4 is 5.73 Å². The van der Waals surface area contributed by atoms with Gasteiger partial charge in [0.25, 0.3) is 0 Å². The molecule has 4 rings (SSSR count). The van der Waals surface area contributed by atoms with Gasteiger partial charge in [-0.2, -0.15) is 0 Å². The van der Waals surface area contributed by atoms with Crippen LogP contribution in [0.2, 0.25) is 0 Å². The minimum Gasteiger partial charge on any atom is -0.387 e. The third kappa shape index (κ3) is 2.65. The van der Waals surface area contributed by atoms with E-state index in [0.29, 0.717) is 5.65 Å². The largest absolute Gasteiger partial charge is 0.387 e. The van der Waals surface area contributed by atoms with E-state index in [2.05, 4.69) is 9.97 Å². The second-order valence-corrected chi connectivity index (χ2v) is 6.20. The zero-order chi connectivity index (χ0) is 18.4. The van der Waals surface area contributed by atoms with Crippen LogP contribution in [-0.4, -0.2) is 43.1 Å². The van der Waals surface area contributed by atoms with E-state index >= 15 is 0 Å². The highest BCUT2D eigenvalue weighted by molar-refractivity contribution is 5.74. The summed E-state index contributed by atoms with van der Waals surface area (Å²) in [6.07, 6.45) is 0.0929. The summed E-state index contributed by atoms with van der Waals surface area (Å²) in [5.74, 6) is -2.04. The van der Waals surface area contributed by atoms with E-state index in [4.69, 9.17) is 10.5 Å².